The lowest BCUT2D eigenvalue weighted by Gasteiger charge is -2.23. The summed E-state index contributed by atoms with van der Waals surface area (Å²) in [6, 6.07) is 3.79. The van der Waals surface area contributed by atoms with Gasteiger partial charge in [-0.3, -0.25) is 0 Å². The van der Waals surface area contributed by atoms with E-state index in [1.165, 1.54) is 0 Å². The lowest BCUT2D eigenvalue weighted by atomic mass is 10.2. The Kier molecular flexibility index (Phi) is 4.09. The van der Waals surface area contributed by atoms with E-state index in [1.807, 2.05) is 23.9 Å². The lowest BCUT2D eigenvalue weighted by Crippen LogP contribution is -2.26. The number of rotatable bonds is 5. The Morgan fingerprint density at radius 1 is 1.42 bits per heavy atom. The van der Waals surface area contributed by atoms with Gasteiger partial charge in [-0.05, 0) is 39.2 Å². The SMILES string of the molecule is CSC(C)(C)CNc1ncccc1-c1nc(C)no1. The molecule has 5 nitrogen and oxygen atoms in total. The molecule has 0 amide bonds. The summed E-state index contributed by atoms with van der Waals surface area (Å²) in [5, 5.41) is 7.17. The molecule has 0 aliphatic rings. The Morgan fingerprint density at radius 2 is 2.21 bits per heavy atom. The van der Waals surface area contributed by atoms with Crippen LogP contribution in [0.25, 0.3) is 11.5 Å². The maximum absolute atomic E-state index is 5.20. The molecule has 2 heterocycles. The Labute approximate surface area is 117 Å². The molecule has 0 atom stereocenters. The topological polar surface area (TPSA) is 63.8 Å². The summed E-state index contributed by atoms with van der Waals surface area (Å²) in [5.74, 6) is 1.89. The first-order valence-corrected chi connectivity index (χ1v) is 7.29. The van der Waals surface area contributed by atoms with Gasteiger partial charge in [0.15, 0.2) is 5.82 Å². The molecule has 6 heteroatoms. The van der Waals surface area contributed by atoms with Crippen molar-refractivity contribution in [1.29, 1.82) is 0 Å². The molecule has 0 aliphatic carbocycles. The van der Waals surface area contributed by atoms with Gasteiger partial charge in [0, 0.05) is 17.5 Å². The van der Waals surface area contributed by atoms with Crippen molar-refractivity contribution in [3.8, 4) is 11.5 Å². The van der Waals surface area contributed by atoms with Crippen LogP contribution in [0.5, 0.6) is 0 Å². The van der Waals surface area contributed by atoms with E-state index in [4.69, 9.17) is 4.52 Å². The lowest BCUT2D eigenvalue weighted by molar-refractivity contribution is 0.425. The smallest absolute Gasteiger partial charge is 0.261 e. The summed E-state index contributed by atoms with van der Waals surface area (Å²) < 4.78 is 5.34. The van der Waals surface area contributed by atoms with Crippen molar-refractivity contribution < 1.29 is 4.52 Å². The summed E-state index contributed by atoms with van der Waals surface area (Å²) in [6.45, 7) is 6.98. The van der Waals surface area contributed by atoms with Gasteiger partial charge < -0.3 is 9.84 Å². The van der Waals surface area contributed by atoms with Crippen LogP contribution in [0, 0.1) is 6.92 Å². The molecule has 0 saturated heterocycles. The summed E-state index contributed by atoms with van der Waals surface area (Å²) in [6.07, 6.45) is 3.85. The molecule has 2 aromatic heterocycles. The van der Waals surface area contributed by atoms with Gasteiger partial charge in [0.25, 0.3) is 5.89 Å². The van der Waals surface area contributed by atoms with Gasteiger partial charge in [-0.25, -0.2) is 4.98 Å². The Hall–Kier alpha value is -1.56. The molecule has 0 spiro atoms. The molecule has 1 N–H and O–H groups in total. The maximum Gasteiger partial charge on any atom is 0.261 e. The predicted molar refractivity (Wildman–Crippen MR) is 78.3 cm³/mol. The highest BCUT2D eigenvalue weighted by Crippen LogP contribution is 2.26. The largest absolute Gasteiger partial charge is 0.368 e. The third kappa shape index (κ3) is 3.47. The van der Waals surface area contributed by atoms with Gasteiger partial charge in [0.05, 0.1) is 5.56 Å². The van der Waals surface area contributed by atoms with Crippen molar-refractivity contribution in [2.45, 2.75) is 25.5 Å². The maximum atomic E-state index is 5.20. The number of pyridine rings is 1. The number of hydrogen-bond acceptors (Lipinski definition) is 6. The van der Waals surface area contributed by atoms with E-state index >= 15 is 0 Å². The first kappa shape index (κ1) is 13.9. The van der Waals surface area contributed by atoms with Crippen molar-refractivity contribution in [1.82, 2.24) is 15.1 Å². The molecule has 2 aromatic rings. The van der Waals surface area contributed by atoms with Gasteiger partial charge in [-0.1, -0.05) is 5.16 Å². The van der Waals surface area contributed by atoms with E-state index in [1.54, 1.807) is 13.1 Å². The van der Waals surface area contributed by atoms with Crippen molar-refractivity contribution in [3.63, 3.8) is 0 Å². The third-order valence-corrected chi connectivity index (χ3v) is 4.05. The van der Waals surface area contributed by atoms with E-state index in [0.717, 1.165) is 17.9 Å². The molecular formula is C13H18N4OS. The summed E-state index contributed by atoms with van der Waals surface area (Å²) in [7, 11) is 0. The molecule has 0 radical (unpaired) electrons. The Bertz CT molecular complexity index is 553. The molecular weight excluding hydrogens is 260 g/mol. The van der Waals surface area contributed by atoms with E-state index < -0.39 is 0 Å². The van der Waals surface area contributed by atoms with Crippen molar-refractivity contribution in [2.24, 2.45) is 0 Å². The first-order valence-electron chi connectivity index (χ1n) is 6.06. The second-order valence-corrected chi connectivity index (χ2v) is 6.38. The molecule has 0 aromatic carbocycles. The summed E-state index contributed by atoms with van der Waals surface area (Å²) in [4.78, 5) is 8.60. The van der Waals surface area contributed by atoms with Crippen molar-refractivity contribution in [3.05, 3.63) is 24.2 Å². The van der Waals surface area contributed by atoms with Crippen LogP contribution in [-0.4, -0.2) is 32.7 Å². The standard InChI is InChI=1S/C13H18N4OS/c1-9-16-12(18-17-9)10-6-5-7-14-11(10)15-8-13(2,3)19-4/h5-7H,8H2,1-4H3,(H,14,15). The van der Waals surface area contributed by atoms with Crippen molar-refractivity contribution >= 4 is 17.6 Å². The first-order chi connectivity index (χ1) is 9.02. The van der Waals surface area contributed by atoms with Crippen LogP contribution in [0.4, 0.5) is 5.82 Å². The predicted octanol–water partition coefficient (Wildman–Crippen LogP) is 2.99. The number of hydrogen-bond donors (Lipinski definition) is 1. The highest BCUT2D eigenvalue weighted by atomic mass is 32.2. The molecule has 0 aliphatic heterocycles. The fraction of sp³-hybridized carbons (Fsp3) is 0.462. The van der Waals surface area contributed by atoms with Crippen LogP contribution >= 0.6 is 11.8 Å². The minimum absolute atomic E-state index is 0.138. The fourth-order valence-electron chi connectivity index (χ4n) is 1.49. The van der Waals surface area contributed by atoms with Crippen LogP contribution in [0.15, 0.2) is 22.9 Å². The number of nitrogens with one attached hydrogen (secondary N) is 1. The normalized spacial score (nSPS) is 11.6. The number of aromatic nitrogens is 3. The molecule has 0 bridgehead atoms. The highest BCUT2D eigenvalue weighted by molar-refractivity contribution is 7.99. The number of aryl methyl sites for hydroxylation is 1. The van der Waals surface area contributed by atoms with E-state index in [9.17, 15) is 0 Å². The van der Waals surface area contributed by atoms with Crippen LogP contribution in [0.2, 0.25) is 0 Å². The van der Waals surface area contributed by atoms with Gasteiger partial charge in [-0.2, -0.15) is 16.7 Å². The van der Waals surface area contributed by atoms with Crippen LogP contribution in [0.3, 0.4) is 0 Å². The highest BCUT2D eigenvalue weighted by Gasteiger charge is 2.18. The second-order valence-electron chi connectivity index (χ2n) is 4.86. The molecule has 19 heavy (non-hydrogen) atoms. The molecule has 0 saturated carbocycles. The average molecular weight is 278 g/mol. The number of thioether (sulfide) groups is 1. The molecule has 2 rings (SSSR count). The van der Waals surface area contributed by atoms with E-state index in [-0.39, 0.29) is 4.75 Å². The Balaban J connectivity index is 2.22. The van der Waals surface area contributed by atoms with Crippen LogP contribution in [0.1, 0.15) is 19.7 Å². The van der Waals surface area contributed by atoms with Gasteiger partial charge in [0.2, 0.25) is 0 Å². The minimum Gasteiger partial charge on any atom is -0.368 e. The average Bonchev–Trinajstić information content (AvgIpc) is 2.83. The summed E-state index contributed by atoms with van der Waals surface area (Å²) in [5.41, 5.74) is 0.833. The number of nitrogens with zero attached hydrogens (tertiary/aromatic N) is 3. The third-order valence-electron chi connectivity index (χ3n) is 2.80. The van der Waals surface area contributed by atoms with Gasteiger partial charge >= 0.3 is 0 Å². The van der Waals surface area contributed by atoms with Gasteiger partial charge in [-0.15, -0.1) is 0 Å². The second kappa shape index (κ2) is 5.61. The fourth-order valence-corrected chi connectivity index (χ4v) is 1.71. The molecule has 0 fully saturated rings. The zero-order chi connectivity index (χ0) is 13.9. The van der Waals surface area contributed by atoms with E-state index in [2.05, 4.69) is 40.5 Å². The van der Waals surface area contributed by atoms with Crippen LogP contribution in [-0.2, 0) is 0 Å². The van der Waals surface area contributed by atoms with Gasteiger partial charge in [0.1, 0.15) is 5.82 Å². The van der Waals surface area contributed by atoms with Crippen molar-refractivity contribution in [2.75, 3.05) is 18.1 Å². The monoisotopic (exact) mass is 278 g/mol. The number of anilines is 1. The molecule has 0 unspecified atom stereocenters. The Morgan fingerprint density at radius 3 is 2.84 bits per heavy atom. The minimum atomic E-state index is 0.138. The summed E-state index contributed by atoms with van der Waals surface area (Å²) >= 11 is 1.81. The molecule has 102 valence electrons. The quantitative estimate of drug-likeness (QED) is 0.907. The zero-order valence-electron chi connectivity index (χ0n) is 11.6. The van der Waals surface area contributed by atoms with E-state index in [0.29, 0.717) is 11.7 Å². The zero-order valence-corrected chi connectivity index (χ0v) is 12.4. The van der Waals surface area contributed by atoms with Crippen LogP contribution < -0.4 is 5.32 Å².